The third-order valence-corrected chi connectivity index (χ3v) is 4.69. The SMILES string of the molecule is CC(NC(=O)CCCn1nnc(-c2ccccc2)n1)c1ccc2c(c1)OCCO2. The van der Waals surface area contributed by atoms with Crippen LogP contribution in [-0.2, 0) is 11.3 Å². The number of fused-ring (bicyclic) bond motifs is 1. The average molecular weight is 393 g/mol. The molecule has 0 spiro atoms. The van der Waals surface area contributed by atoms with Gasteiger partial charge >= 0.3 is 0 Å². The molecule has 150 valence electrons. The third-order valence-electron chi connectivity index (χ3n) is 4.69. The highest BCUT2D eigenvalue weighted by molar-refractivity contribution is 5.76. The van der Waals surface area contributed by atoms with E-state index in [4.69, 9.17) is 9.47 Å². The first kappa shape index (κ1) is 18.9. The number of nitrogens with zero attached hydrogens (tertiary/aromatic N) is 4. The molecule has 0 saturated heterocycles. The number of tetrazole rings is 1. The number of hydrogen-bond acceptors (Lipinski definition) is 6. The number of amides is 1. The van der Waals surface area contributed by atoms with Gasteiger partial charge in [0.2, 0.25) is 11.7 Å². The number of rotatable bonds is 7. The lowest BCUT2D eigenvalue weighted by Crippen LogP contribution is -2.27. The van der Waals surface area contributed by atoms with Gasteiger partial charge in [-0.25, -0.2) is 0 Å². The predicted octanol–water partition coefficient (Wildman–Crippen LogP) is 2.77. The van der Waals surface area contributed by atoms with Crippen molar-refractivity contribution in [2.45, 2.75) is 32.4 Å². The lowest BCUT2D eigenvalue weighted by atomic mass is 10.1. The van der Waals surface area contributed by atoms with Crippen LogP contribution in [0.3, 0.4) is 0 Å². The number of ether oxygens (including phenoxy) is 2. The second-order valence-corrected chi connectivity index (χ2v) is 6.87. The van der Waals surface area contributed by atoms with Gasteiger partial charge < -0.3 is 14.8 Å². The van der Waals surface area contributed by atoms with Crippen molar-refractivity contribution >= 4 is 5.91 Å². The molecule has 3 aromatic rings. The van der Waals surface area contributed by atoms with Crippen LogP contribution in [0.2, 0.25) is 0 Å². The van der Waals surface area contributed by atoms with Gasteiger partial charge in [-0.2, -0.15) is 4.80 Å². The topological polar surface area (TPSA) is 91.2 Å². The standard InChI is InChI=1S/C21H23N5O3/c1-15(17-9-10-18-19(14-17)29-13-12-28-18)22-20(27)8-5-11-26-24-21(23-25-26)16-6-3-2-4-7-16/h2-4,6-7,9-10,14-15H,5,8,11-13H2,1H3,(H,22,27). The molecule has 1 unspecified atom stereocenters. The van der Waals surface area contributed by atoms with Crippen molar-refractivity contribution in [1.82, 2.24) is 25.5 Å². The van der Waals surface area contributed by atoms with Crippen LogP contribution < -0.4 is 14.8 Å². The van der Waals surface area contributed by atoms with Gasteiger partial charge in [-0.1, -0.05) is 36.4 Å². The number of carbonyl (C=O) groups excluding carboxylic acids is 1. The van der Waals surface area contributed by atoms with E-state index in [-0.39, 0.29) is 11.9 Å². The molecule has 1 amide bonds. The van der Waals surface area contributed by atoms with Crippen LogP contribution in [0.15, 0.2) is 48.5 Å². The van der Waals surface area contributed by atoms with Crippen LogP contribution in [0.25, 0.3) is 11.4 Å². The lowest BCUT2D eigenvalue weighted by Gasteiger charge is -2.21. The fourth-order valence-corrected chi connectivity index (χ4v) is 3.15. The smallest absolute Gasteiger partial charge is 0.220 e. The van der Waals surface area contributed by atoms with E-state index in [2.05, 4.69) is 20.7 Å². The molecule has 8 nitrogen and oxygen atoms in total. The van der Waals surface area contributed by atoms with Crippen molar-refractivity contribution in [1.29, 1.82) is 0 Å². The van der Waals surface area contributed by atoms with Gasteiger partial charge in [-0.3, -0.25) is 4.79 Å². The molecule has 29 heavy (non-hydrogen) atoms. The van der Waals surface area contributed by atoms with Crippen molar-refractivity contribution in [3.8, 4) is 22.9 Å². The van der Waals surface area contributed by atoms with Crippen LogP contribution in [-0.4, -0.2) is 39.3 Å². The summed E-state index contributed by atoms with van der Waals surface area (Å²) in [6, 6.07) is 15.3. The lowest BCUT2D eigenvalue weighted by molar-refractivity contribution is -0.121. The Hall–Kier alpha value is -3.42. The largest absolute Gasteiger partial charge is 0.486 e. The maximum absolute atomic E-state index is 12.3. The molecule has 0 bridgehead atoms. The summed E-state index contributed by atoms with van der Waals surface area (Å²) in [7, 11) is 0. The molecule has 1 aliphatic heterocycles. The molecule has 1 atom stereocenters. The van der Waals surface area contributed by atoms with Gasteiger partial charge in [0, 0.05) is 12.0 Å². The molecule has 2 heterocycles. The Morgan fingerprint density at radius 3 is 2.76 bits per heavy atom. The molecule has 8 heteroatoms. The van der Waals surface area contributed by atoms with Gasteiger partial charge in [-0.15, -0.1) is 10.2 Å². The first-order chi connectivity index (χ1) is 14.2. The minimum absolute atomic E-state index is 0.0178. The second kappa shape index (κ2) is 8.72. The van der Waals surface area contributed by atoms with Gasteiger partial charge in [0.25, 0.3) is 0 Å². The van der Waals surface area contributed by atoms with E-state index in [1.54, 1.807) is 0 Å². The van der Waals surface area contributed by atoms with E-state index in [9.17, 15) is 4.79 Å². The number of benzene rings is 2. The number of carbonyl (C=O) groups is 1. The first-order valence-electron chi connectivity index (χ1n) is 9.71. The molecule has 0 radical (unpaired) electrons. The van der Waals surface area contributed by atoms with Crippen molar-refractivity contribution in [3.05, 3.63) is 54.1 Å². The minimum Gasteiger partial charge on any atom is -0.486 e. The van der Waals surface area contributed by atoms with Crippen molar-refractivity contribution in [2.24, 2.45) is 0 Å². The molecule has 1 N–H and O–H groups in total. The number of hydrogen-bond donors (Lipinski definition) is 1. The monoisotopic (exact) mass is 393 g/mol. The Kier molecular flexibility index (Phi) is 5.69. The molecule has 1 aliphatic rings. The van der Waals surface area contributed by atoms with E-state index >= 15 is 0 Å². The summed E-state index contributed by atoms with van der Waals surface area (Å²) in [4.78, 5) is 13.8. The molecule has 4 rings (SSSR count). The first-order valence-corrected chi connectivity index (χ1v) is 9.71. The Balaban J connectivity index is 1.25. The zero-order valence-electron chi connectivity index (χ0n) is 16.2. The summed E-state index contributed by atoms with van der Waals surface area (Å²) in [5.41, 5.74) is 1.90. The van der Waals surface area contributed by atoms with Crippen LogP contribution in [0, 0.1) is 0 Å². The van der Waals surface area contributed by atoms with Gasteiger partial charge in [0.1, 0.15) is 13.2 Å². The van der Waals surface area contributed by atoms with Crippen molar-refractivity contribution < 1.29 is 14.3 Å². The third kappa shape index (κ3) is 4.71. The molecule has 1 aromatic heterocycles. The molecule has 0 fully saturated rings. The van der Waals surface area contributed by atoms with E-state index in [0.717, 1.165) is 22.6 Å². The maximum atomic E-state index is 12.3. The van der Waals surface area contributed by atoms with Gasteiger partial charge in [0.05, 0.1) is 12.6 Å². The van der Waals surface area contributed by atoms with Crippen LogP contribution in [0.5, 0.6) is 11.5 Å². The zero-order valence-corrected chi connectivity index (χ0v) is 16.2. The molecule has 0 aliphatic carbocycles. The zero-order chi connectivity index (χ0) is 20.1. The van der Waals surface area contributed by atoms with E-state index in [0.29, 0.717) is 38.4 Å². The number of aryl methyl sites for hydroxylation is 1. The summed E-state index contributed by atoms with van der Waals surface area (Å²) in [6.45, 7) is 3.59. The van der Waals surface area contributed by atoms with E-state index in [1.165, 1.54) is 4.80 Å². The summed E-state index contributed by atoms with van der Waals surface area (Å²) in [5, 5.41) is 15.5. The van der Waals surface area contributed by atoms with Crippen molar-refractivity contribution in [3.63, 3.8) is 0 Å². The quantitative estimate of drug-likeness (QED) is 0.664. The van der Waals surface area contributed by atoms with Gasteiger partial charge in [-0.05, 0) is 36.3 Å². The van der Waals surface area contributed by atoms with Crippen LogP contribution in [0.4, 0.5) is 0 Å². The van der Waals surface area contributed by atoms with Crippen LogP contribution in [0.1, 0.15) is 31.4 Å². The minimum atomic E-state index is -0.118. The summed E-state index contributed by atoms with van der Waals surface area (Å²) >= 11 is 0. The van der Waals surface area contributed by atoms with Gasteiger partial charge in [0.15, 0.2) is 11.5 Å². The van der Waals surface area contributed by atoms with Crippen LogP contribution >= 0.6 is 0 Å². The normalized spacial score (nSPS) is 13.7. The highest BCUT2D eigenvalue weighted by atomic mass is 16.6. The average Bonchev–Trinajstić information content (AvgIpc) is 3.23. The van der Waals surface area contributed by atoms with E-state index in [1.807, 2.05) is 55.5 Å². The summed E-state index contributed by atoms with van der Waals surface area (Å²) < 4.78 is 11.1. The molecule has 0 saturated carbocycles. The molecule has 2 aromatic carbocycles. The highest BCUT2D eigenvalue weighted by Gasteiger charge is 2.16. The predicted molar refractivity (Wildman–Crippen MR) is 106 cm³/mol. The Morgan fingerprint density at radius 2 is 1.93 bits per heavy atom. The maximum Gasteiger partial charge on any atom is 0.220 e. The Morgan fingerprint density at radius 1 is 1.14 bits per heavy atom. The number of nitrogens with one attached hydrogen (secondary N) is 1. The fraction of sp³-hybridized carbons (Fsp3) is 0.333. The summed E-state index contributed by atoms with van der Waals surface area (Å²) in [5.74, 6) is 2.04. The molecular weight excluding hydrogens is 370 g/mol. The van der Waals surface area contributed by atoms with Crippen molar-refractivity contribution in [2.75, 3.05) is 13.2 Å². The van der Waals surface area contributed by atoms with E-state index < -0.39 is 0 Å². The number of aromatic nitrogens is 4. The summed E-state index contributed by atoms with van der Waals surface area (Å²) in [6.07, 6.45) is 1.02. The molecular formula is C21H23N5O3. The Bertz CT molecular complexity index is 973. The Labute approximate surface area is 168 Å². The highest BCUT2D eigenvalue weighted by Crippen LogP contribution is 2.32. The fourth-order valence-electron chi connectivity index (χ4n) is 3.15. The second-order valence-electron chi connectivity index (χ2n) is 6.87.